The Morgan fingerprint density at radius 1 is 1.00 bits per heavy atom. The quantitative estimate of drug-likeness (QED) is 0.559. The van der Waals surface area contributed by atoms with E-state index < -0.39 is 3.11 Å². The molecule has 0 radical (unpaired) electrons. The van der Waals surface area contributed by atoms with Crippen LogP contribution in [-0.4, -0.2) is 33.9 Å². The van der Waals surface area contributed by atoms with E-state index >= 15 is 0 Å². The SMILES string of the molecule is CSP(=[Se])(SC)SC. The third-order valence-corrected chi connectivity index (χ3v) is 22.5. The van der Waals surface area contributed by atoms with Crippen LogP contribution in [0.5, 0.6) is 0 Å². The Morgan fingerprint density at radius 3 is 1.25 bits per heavy atom. The molecule has 0 heterocycles. The standard InChI is InChI=1S/C3H9PS3Se/c1-5-4(8,6-2)7-3/h1-3H3. The van der Waals surface area contributed by atoms with Crippen LogP contribution in [0.2, 0.25) is 0 Å². The molecule has 0 aliphatic carbocycles. The molecule has 0 N–H and O–H groups in total. The van der Waals surface area contributed by atoms with Crippen molar-refractivity contribution in [3.63, 3.8) is 0 Å². The molecule has 0 rings (SSSR count). The van der Waals surface area contributed by atoms with Crippen LogP contribution >= 0.6 is 37.3 Å². The van der Waals surface area contributed by atoms with Crippen molar-refractivity contribution in [2.24, 2.45) is 0 Å². The minimum atomic E-state index is -0.787. The van der Waals surface area contributed by atoms with E-state index in [4.69, 9.17) is 0 Å². The van der Waals surface area contributed by atoms with E-state index in [9.17, 15) is 0 Å². The molecule has 50 valence electrons. The second-order valence-electron chi connectivity index (χ2n) is 0.995. The molecule has 5 heteroatoms. The first-order valence-electron chi connectivity index (χ1n) is 1.96. The van der Waals surface area contributed by atoms with Crippen LogP contribution in [0.25, 0.3) is 0 Å². The molecule has 0 atom stereocenters. The molecule has 0 unspecified atom stereocenters. The second-order valence-corrected chi connectivity index (χ2v) is 21.4. The van der Waals surface area contributed by atoms with Crippen molar-refractivity contribution in [2.75, 3.05) is 18.8 Å². The predicted molar refractivity (Wildman–Crippen MR) is 53.2 cm³/mol. The van der Waals surface area contributed by atoms with Gasteiger partial charge in [-0.25, -0.2) is 0 Å². The summed E-state index contributed by atoms with van der Waals surface area (Å²) in [6.45, 7) is 0. The van der Waals surface area contributed by atoms with Crippen LogP contribution in [0.4, 0.5) is 0 Å². The summed E-state index contributed by atoms with van der Waals surface area (Å²) in [5.41, 5.74) is 0. The zero-order valence-corrected chi connectivity index (χ0v) is 10.1. The van der Waals surface area contributed by atoms with E-state index in [-0.39, 0.29) is 0 Å². The van der Waals surface area contributed by atoms with E-state index in [1.165, 1.54) is 0 Å². The average Bonchev–Trinajstić information content (AvgIpc) is 1.87. The molecule has 0 saturated heterocycles. The van der Waals surface area contributed by atoms with Gasteiger partial charge >= 0.3 is 71.1 Å². The summed E-state index contributed by atoms with van der Waals surface area (Å²) in [4.78, 5) is 0. The van der Waals surface area contributed by atoms with Gasteiger partial charge < -0.3 is 0 Å². The molecule has 0 aromatic heterocycles. The fraction of sp³-hybridized carbons (Fsp3) is 1.00. The van der Waals surface area contributed by atoms with Crippen LogP contribution in [0.3, 0.4) is 0 Å². The van der Waals surface area contributed by atoms with Gasteiger partial charge in [-0.2, -0.15) is 0 Å². The van der Waals surface area contributed by atoms with Crippen LogP contribution < -0.4 is 0 Å². The molecule has 8 heavy (non-hydrogen) atoms. The minimum absolute atomic E-state index is 0.787. The third-order valence-electron chi connectivity index (χ3n) is 0.671. The van der Waals surface area contributed by atoms with Gasteiger partial charge in [0, 0.05) is 0 Å². The second kappa shape index (κ2) is 4.76. The Labute approximate surface area is 70.8 Å². The predicted octanol–water partition coefficient (Wildman–Crippen LogP) is 2.92. The number of hydrogen-bond donors (Lipinski definition) is 0. The van der Waals surface area contributed by atoms with Gasteiger partial charge in [0.2, 0.25) is 0 Å². The van der Waals surface area contributed by atoms with E-state index in [2.05, 4.69) is 33.9 Å². The summed E-state index contributed by atoms with van der Waals surface area (Å²) < 4.78 is -0.787. The van der Waals surface area contributed by atoms with Crippen molar-refractivity contribution in [3.8, 4) is 0 Å². The van der Waals surface area contributed by atoms with Gasteiger partial charge in [-0.05, 0) is 0 Å². The summed E-state index contributed by atoms with van der Waals surface area (Å²) in [6.07, 6.45) is 6.49. The first-order valence-corrected chi connectivity index (χ1v) is 11.4. The molecule has 0 aliphatic rings. The molecule has 0 fully saturated rings. The van der Waals surface area contributed by atoms with Crippen molar-refractivity contribution in [2.45, 2.75) is 0 Å². The van der Waals surface area contributed by atoms with Crippen LogP contribution in [0.15, 0.2) is 0 Å². The Bertz CT molecular complexity index is 85.7. The third kappa shape index (κ3) is 3.24. The van der Waals surface area contributed by atoms with E-state index in [1.54, 1.807) is 0 Å². The Morgan fingerprint density at radius 2 is 1.25 bits per heavy atom. The van der Waals surface area contributed by atoms with Gasteiger partial charge in [0.25, 0.3) is 0 Å². The molecule has 0 aromatic carbocycles. The monoisotopic (exact) mass is 252 g/mol. The van der Waals surface area contributed by atoms with Gasteiger partial charge in [0.15, 0.2) is 0 Å². The number of hydrogen-bond acceptors (Lipinski definition) is 3. The van der Waals surface area contributed by atoms with Gasteiger partial charge in [-0.15, -0.1) is 0 Å². The molecule has 0 nitrogen and oxygen atoms in total. The summed E-state index contributed by atoms with van der Waals surface area (Å²) in [6, 6.07) is 0. The van der Waals surface area contributed by atoms with Crippen molar-refractivity contribution in [3.05, 3.63) is 0 Å². The van der Waals surface area contributed by atoms with Crippen LogP contribution in [0, 0.1) is 0 Å². The normalized spacial score (nSPS) is 11.9. The van der Waals surface area contributed by atoms with Crippen molar-refractivity contribution < 1.29 is 0 Å². The summed E-state index contributed by atoms with van der Waals surface area (Å²) in [5, 5.41) is 0. The Hall–Kier alpha value is 2.00. The molecule has 0 spiro atoms. The van der Waals surface area contributed by atoms with Crippen LogP contribution in [-0.2, 0) is 0 Å². The molecule has 0 aromatic rings. The van der Waals surface area contributed by atoms with E-state index in [0.717, 1.165) is 0 Å². The Balaban J connectivity index is 3.79. The van der Waals surface area contributed by atoms with Crippen LogP contribution in [0.1, 0.15) is 0 Å². The average molecular weight is 251 g/mol. The molecule has 0 aliphatic heterocycles. The molecule has 0 saturated carbocycles. The fourth-order valence-electron chi connectivity index (χ4n) is 0.224. The number of rotatable bonds is 3. The van der Waals surface area contributed by atoms with Gasteiger partial charge in [0.05, 0.1) is 0 Å². The fourth-order valence-corrected chi connectivity index (χ4v) is 6.04. The van der Waals surface area contributed by atoms with E-state index in [0.29, 0.717) is 0 Å². The van der Waals surface area contributed by atoms with E-state index in [1.807, 2.05) is 34.1 Å². The molecule has 0 bridgehead atoms. The first kappa shape index (κ1) is 10.00. The van der Waals surface area contributed by atoms with Gasteiger partial charge in [0.1, 0.15) is 0 Å². The maximum atomic E-state index is 3.24. The summed E-state index contributed by atoms with van der Waals surface area (Å²) in [5.74, 6) is 0. The summed E-state index contributed by atoms with van der Waals surface area (Å²) >= 11 is 9.10. The zero-order valence-electron chi connectivity index (χ0n) is 5.08. The van der Waals surface area contributed by atoms with Gasteiger partial charge in [-0.3, -0.25) is 0 Å². The first-order chi connectivity index (χ1) is 3.68. The van der Waals surface area contributed by atoms with Crippen molar-refractivity contribution in [1.82, 2.24) is 0 Å². The molecule has 0 amide bonds. The molecular weight excluding hydrogens is 242 g/mol. The summed E-state index contributed by atoms with van der Waals surface area (Å²) in [7, 11) is 0. The topological polar surface area (TPSA) is 0 Å². The maximum absolute atomic E-state index is 3.24. The van der Waals surface area contributed by atoms with Gasteiger partial charge in [-0.1, -0.05) is 0 Å². The Kier molecular flexibility index (Phi) is 5.95. The molecular formula is C3H9PS3Se. The van der Waals surface area contributed by atoms with Crippen molar-refractivity contribution in [1.29, 1.82) is 0 Å². The zero-order chi connectivity index (χ0) is 6.62. The van der Waals surface area contributed by atoms with Crippen molar-refractivity contribution >= 4 is 52.4 Å².